The number of ether oxygens (including phenoxy) is 1. The molecule has 3 rings (SSSR count). The summed E-state index contributed by atoms with van der Waals surface area (Å²) in [5.74, 6) is 1.12. The van der Waals surface area contributed by atoms with Gasteiger partial charge in [0.05, 0.1) is 7.11 Å². The molecule has 0 N–H and O–H groups in total. The SMILES string of the molecule is COc1ccc([C@H]2[C@H](c3cccc(I)c3)C2(Cl)Cl)cc1. The fraction of sp³-hybridized carbons (Fsp3) is 0.250. The van der Waals surface area contributed by atoms with Crippen LogP contribution in [-0.2, 0) is 0 Å². The molecule has 2 atom stereocenters. The van der Waals surface area contributed by atoms with Crippen molar-refractivity contribution in [3.63, 3.8) is 0 Å². The summed E-state index contributed by atoms with van der Waals surface area (Å²) in [5, 5.41) is 0. The number of benzene rings is 2. The molecule has 1 saturated carbocycles. The number of alkyl halides is 2. The van der Waals surface area contributed by atoms with E-state index in [1.54, 1.807) is 7.11 Å². The van der Waals surface area contributed by atoms with Crippen LogP contribution in [0.15, 0.2) is 48.5 Å². The standard InChI is InChI=1S/C16H13Cl2IO/c1-20-13-7-5-10(6-8-13)14-15(16(14,17)18)11-3-2-4-12(19)9-11/h2-9,14-15H,1H3/t14-,15-/m0/s1. The molecular weight excluding hydrogens is 406 g/mol. The Hall–Kier alpha value is -0.450. The van der Waals surface area contributed by atoms with E-state index in [0.717, 1.165) is 11.3 Å². The fourth-order valence-electron chi connectivity index (χ4n) is 2.67. The Morgan fingerprint density at radius 2 is 1.65 bits per heavy atom. The van der Waals surface area contributed by atoms with E-state index in [1.807, 2.05) is 30.3 Å². The monoisotopic (exact) mass is 418 g/mol. The molecule has 2 aromatic carbocycles. The first-order valence-electron chi connectivity index (χ1n) is 6.31. The summed E-state index contributed by atoms with van der Waals surface area (Å²) >= 11 is 15.3. The molecule has 1 aliphatic rings. The largest absolute Gasteiger partial charge is 0.497 e. The Balaban J connectivity index is 1.90. The number of halogens is 3. The highest BCUT2D eigenvalue weighted by Crippen LogP contribution is 2.70. The topological polar surface area (TPSA) is 9.23 Å². The second kappa shape index (κ2) is 5.39. The van der Waals surface area contributed by atoms with Crippen molar-refractivity contribution in [3.05, 3.63) is 63.2 Å². The van der Waals surface area contributed by atoms with Crippen LogP contribution in [0.3, 0.4) is 0 Å². The zero-order chi connectivity index (χ0) is 14.3. The van der Waals surface area contributed by atoms with Crippen molar-refractivity contribution in [2.45, 2.75) is 16.2 Å². The minimum Gasteiger partial charge on any atom is -0.497 e. The average molecular weight is 419 g/mol. The molecular formula is C16H13Cl2IO. The third-order valence-electron chi connectivity index (χ3n) is 3.74. The van der Waals surface area contributed by atoms with Crippen LogP contribution in [0.2, 0.25) is 0 Å². The first-order chi connectivity index (χ1) is 9.54. The van der Waals surface area contributed by atoms with E-state index in [9.17, 15) is 0 Å². The quantitative estimate of drug-likeness (QED) is 0.481. The molecule has 4 heteroatoms. The second-order valence-electron chi connectivity index (χ2n) is 4.96. The van der Waals surface area contributed by atoms with E-state index < -0.39 is 4.33 Å². The van der Waals surface area contributed by atoms with Crippen molar-refractivity contribution in [1.29, 1.82) is 0 Å². The average Bonchev–Trinajstić information content (AvgIpc) is 3.01. The summed E-state index contributed by atoms with van der Waals surface area (Å²) in [6.45, 7) is 0. The van der Waals surface area contributed by atoms with Gasteiger partial charge in [-0.2, -0.15) is 0 Å². The molecule has 1 fully saturated rings. The molecule has 104 valence electrons. The summed E-state index contributed by atoms with van der Waals surface area (Å²) in [5.41, 5.74) is 2.35. The van der Waals surface area contributed by atoms with Gasteiger partial charge in [-0.05, 0) is 58.0 Å². The minimum absolute atomic E-state index is 0.134. The molecule has 1 nitrogen and oxygen atoms in total. The van der Waals surface area contributed by atoms with Gasteiger partial charge in [-0.3, -0.25) is 0 Å². The Morgan fingerprint density at radius 3 is 2.25 bits per heavy atom. The van der Waals surface area contributed by atoms with Crippen LogP contribution in [0.4, 0.5) is 0 Å². The molecule has 0 radical (unpaired) electrons. The maximum atomic E-state index is 6.50. The lowest BCUT2D eigenvalue weighted by Gasteiger charge is -2.03. The molecule has 0 unspecified atom stereocenters. The van der Waals surface area contributed by atoms with E-state index in [4.69, 9.17) is 27.9 Å². The van der Waals surface area contributed by atoms with Crippen molar-refractivity contribution >= 4 is 45.8 Å². The Morgan fingerprint density at radius 1 is 1.00 bits per heavy atom. The van der Waals surface area contributed by atoms with Crippen LogP contribution in [-0.4, -0.2) is 11.4 Å². The number of hydrogen-bond acceptors (Lipinski definition) is 1. The lowest BCUT2D eigenvalue weighted by Crippen LogP contribution is -1.91. The van der Waals surface area contributed by atoms with Gasteiger partial charge < -0.3 is 4.74 Å². The fourth-order valence-corrected chi connectivity index (χ4v) is 4.12. The van der Waals surface area contributed by atoms with Gasteiger partial charge in [-0.25, -0.2) is 0 Å². The van der Waals surface area contributed by atoms with Crippen LogP contribution in [0.1, 0.15) is 23.0 Å². The van der Waals surface area contributed by atoms with Gasteiger partial charge in [-0.1, -0.05) is 24.3 Å². The maximum absolute atomic E-state index is 6.50. The van der Waals surface area contributed by atoms with E-state index >= 15 is 0 Å². The lowest BCUT2D eigenvalue weighted by molar-refractivity contribution is 0.414. The predicted molar refractivity (Wildman–Crippen MR) is 92.1 cm³/mol. The molecule has 0 amide bonds. The van der Waals surface area contributed by atoms with E-state index in [1.165, 1.54) is 9.13 Å². The van der Waals surface area contributed by atoms with Crippen LogP contribution >= 0.6 is 45.8 Å². The van der Waals surface area contributed by atoms with Gasteiger partial charge in [0.2, 0.25) is 0 Å². The first kappa shape index (κ1) is 14.5. The predicted octanol–water partition coefficient (Wildman–Crippen LogP) is 5.35. The van der Waals surface area contributed by atoms with Gasteiger partial charge in [0.15, 0.2) is 0 Å². The maximum Gasteiger partial charge on any atom is 0.133 e. The van der Waals surface area contributed by atoms with Gasteiger partial charge in [-0.15, -0.1) is 23.2 Å². The van der Waals surface area contributed by atoms with Gasteiger partial charge in [0.1, 0.15) is 10.1 Å². The number of methoxy groups -OCH3 is 1. The molecule has 0 spiro atoms. The third kappa shape index (κ3) is 2.53. The summed E-state index contributed by atoms with van der Waals surface area (Å²) < 4.78 is 5.66. The van der Waals surface area contributed by atoms with Gasteiger partial charge in [0, 0.05) is 15.4 Å². The lowest BCUT2D eigenvalue weighted by atomic mass is 10.0. The van der Waals surface area contributed by atoms with E-state index in [-0.39, 0.29) is 11.8 Å². The normalized spacial score (nSPS) is 23.4. The Bertz CT molecular complexity index is 625. The van der Waals surface area contributed by atoms with Crippen LogP contribution in [0.5, 0.6) is 5.75 Å². The highest BCUT2D eigenvalue weighted by molar-refractivity contribution is 14.1. The van der Waals surface area contributed by atoms with Crippen molar-refractivity contribution in [2.75, 3.05) is 7.11 Å². The van der Waals surface area contributed by atoms with Crippen LogP contribution in [0, 0.1) is 3.57 Å². The molecule has 0 bridgehead atoms. The summed E-state index contributed by atoms with van der Waals surface area (Å²) in [6.07, 6.45) is 0. The smallest absolute Gasteiger partial charge is 0.133 e. The van der Waals surface area contributed by atoms with Crippen LogP contribution < -0.4 is 4.74 Å². The van der Waals surface area contributed by atoms with Crippen LogP contribution in [0.25, 0.3) is 0 Å². The van der Waals surface area contributed by atoms with Crippen molar-refractivity contribution in [3.8, 4) is 5.75 Å². The minimum atomic E-state index is -0.723. The molecule has 1 aliphatic carbocycles. The van der Waals surface area contributed by atoms with Crippen molar-refractivity contribution in [2.24, 2.45) is 0 Å². The van der Waals surface area contributed by atoms with E-state index in [0.29, 0.717) is 0 Å². The Labute approximate surface area is 142 Å². The molecule has 0 aromatic heterocycles. The van der Waals surface area contributed by atoms with E-state index in [2.05, 4.69) is 40.8 Å². The van der Waals surface area contributed by atoms with Crippen molar-refractivity contribution in [1.82, 2.24) is 0 Å². The highest BCUT2D eigenvalue weighted by Gasteiger charge is 2.64. The second-order valence-corrected chi connectivity index (χ2v) is 7.65. The molecule has 0 saturated heterocycles. The van der Waals surface area contributed by atoms with Crippen molar-refractivity contribution < 1.29 is 4.74 Å². The van der Waals surface area contributed by atoms with Gasteiger partial charge in [0.25, 0.3) is 0 Å². The highest BCUT2D eigenvalue weighted by atomic mass is 127. The summed E-state index contributed by atoms with van der Waals surface area (Å²) in [7, 11) is 1.66. The summed E-state index contributed by atoms with van der Waals surface area (Å²) in [6, 6.07) is 16.3. The number of hydrogen-bond donors (Lipinski definition) is 0. The summed E-state index contributed by atoms with van der Waals surface area (Å²) in [4.78, 5) is 0. The Kier molecular flexibility index (Phi) is 3.91. The zero-order valence-electron chi connectivity index (χ0n) is 10.8. The van der Waals surface area contributed by atoms with Gasteiger partial charge >= 0.3 is 0 Å². The zero-order valence-corrected chi connectivity index (χ0v) is 14.5. The first-order valence-corrected chi connectivity index (χ1v) is 8.14. The number of rotatable bonds is 3. The third-order valence-corrected chi connectivity index (χ3v) is 5.35. The molecule has 0 aliphatic heterocycles. The molecule has 20 heavy (non-hydrogen) atoms. The molecule has 2 aromatic rings. The molecule has 0 heterocycles.